The maximum atomic E-state index is 12.3. The van der Waals surface area contributed by atoms with Gasteiger partial charge in [0.05, 0.1) is 0 Å². The van der Waals surface area contributed by atoms with Crippen molar-refractivity contribution in [3.05, 3.63) is 34.9 Å². The minimum absolute atomic E-state index is 0.320. The molecule has 3 nitrogen and oxygen atoms in total. The molecule has 1 aromatic carbocycles. The van der Waals surface area contributed by atoms with Gasteiger partial charge in [-0.3, -0.25) is 4.79 Å². The summed E-state index contributed by atoms with van der Waals surface area (Å²) in [6, 6.07) is 5.56. The molecule has 0 bridgehead atoms. The molecule has 1 aromatic rings. The van der Waals surface area contributed by atoms with Crippen LogP contribution in [0.3, 0.4) is 0 Å². The lowest BCUT2D eigenvalue weighted by Crippen LogP contribution is -2.40. The second-order valence-corrected chi connectivity index (χ2v) is 8.01. The van der Waals surface area contributed by atoms with Gasteiger partial charge in [0.25, 0.3) is 0 Å². The normalized spacial score (nSPS) is 15.5. The van der Waals surface area contributed by atoms with Gasteiger partial charge in [0, 0.05) is 11.8 Å². The quantitative estimate of drug-likeness (QED) is 0.788. The average molecular weight is 266 g/mol. The Kier molecular flexibility index (Phi) is 3.09. The lowest BCUT2D eigenvalue weighted by atomic mass is 9.97. The first-order chi connectivity index (χ1) is 8.23. The van der Waals surface area contributed by atoms with Crippen LogP contribution in [0.1, 0.15) is 41.8 Å². The van der Waals surface area contributed by atoms with Gasteiger partial charge in [-0.05, 0) is 50.3 Å². The van der Waals surface area contributed by atoms with Crippen LogP contribution in [0.5, 0.6) is 0 Å². The minimum atomic E-state index is -3.41. The molecule has 0 fully saturated rings. The van der Waals surface area contributed by atoms with E-state index in [0.717, 1.165) is 25.5 Å². The van der Waals surface area contributed by atoms with Crippen LogP contribution in [0.25, 0.3) is 0 Å². The summed E-state index contributed by atoms with van der Waals surface area (Å²) < 4.78 is 22.0. The first-order valence-electron chi connectivity index (χ1n) is 6.09. The maximum absolute atomic E-state index is 12.3. The van der Waals surface area contributed by atoms with Gasteiger partial charge in [-0.15, -0.1) is 0 Å². The zero-order valence-corrected chi connectivity index (χ0v) is 11.8. The molecule has 0 atom stereocenters. The van der Waals surface area contributed by atoms with Crippen LogP contribution in [-0.4, -0.2) is 25.2 Å². The Balaban J connectivity index is 2.41. The molecule has 0 saturated heterocycles. The van der Waals surface area contributed by atoms with Crippen LogP contribution < -0.4 is 0 Å². The lowest BCUT2D eigenvalue weighted by molar-refractivity contribution is 0.0954. The van der Waals surface area contributed by atoms with E-state index in [2.05, 4.69) is 0 Å². The van der Waals surface area contributed by atoms with Crippen molar-refractivity contribution in [3.63, 3.8) is 0 Å². The van der Waals surface area contributed by atoms with E-state index in [9.17, 15) is 13.2 Å². The van der Waals surface area contributed by atoms with Crippen LogP contribution in [0, 0.1) is 0 Å². The molecule has 1 aliphatic carbocycles. The van der Waals surface area contributed by atoms with Crippen molar-refractivity contribution in [2.24, 2.45) is 0 Å². The van der Waals surface area contributed by atoms with E-state index in [1.807, 2.05) is 12.1 Å². The zero-order valence-electron chi connectivity index (χ0n) is 11.0. The number of carbonyl (C=O) groups excluding carboxylic acids is 1. The molecule has 1 aliphatic rings. The van der Waals surface area contributed by atoms with E-state index in [0.29, 0.717) is 5.56 Å². The summed E-state index contributed by atoms with van der Waals surface area (Å²) in [5.41, 5.74) is 2.97. The van der Waals surface area contributed by atoms with Gasteiger partial charge in [0.15, 0.2) is 15.6 Å². The number of Topliss-reactive ketones (excluding diaryl/α,β-unsaturated/α-hetero) is 1. The van der Waals surface area contributed by atoms with Crippen molar-refractivity contribution in [2.75, 3.05) is 6.26 Å². The Morgan fingerprint density at radius 3 is 2.39 bits per heavy atom. The Morgan fingerprint density at radius 2 is 1.78 bits per heavy atom. The topological polar surface area (TPSA) is 51.2 Å². The highest BCUT2D eigenvalue weighted by Gasteiger charge is 2.39. The number of benzene rings is 1. The Bertz CT molecular complexity index is 597. The standard InChI is InChI=1S/C14H18O3S/c1-14(2,18(3,16)17)13(15)12-8-7-10-5-4-6-11(10)9-12/h7-9H,4-6H2,1-3H3. The van der Waals surface area contributed by atoms with E-state index in [4.69, 9.17) is 0 Å². The van der Waals surface area contributed by atoms with Crippen molar-refractivity contribution in [1.29, 1.82) is 0 Å². The number of carbonyl (C=O) groups is 1. The minimum Gasteiger partial charge on any atom is -0.292 e. The second kappa shape index (κ2) is 4.19. The van der Waals surface area contributed by atoms with E-state index >= 15 is 0 Å². The lowest BCUT2D eigenvalue weighted by Gasteiger charge is -2.21. The Labute approximate surface area is 108 Å². The predicted octanol–water partition coefficient (Wildman–Crippen LogP) is 2.18. The number of hydrogen-bond donors (Lipinski definition) is 0. The van der Waals surface area contributed by atoms with Gasteiger partial charge in [-0.1, -0.05) is 12.1 Å². The van der Waals surface area contributed by atoms with Gasteiger partial charge in [0.1, 0.15) is 4.75 Å². The van der Waals surface area contributed by atoms with Crippen molar-refractivity contribution in [3.8, 4) is 0 Å². The predicted molar refractivity (Wildman–Crippen MR) is 71.7 cm³/mol. The highest BCUT2D eigenvalue weighted by molar-refractivity contribution is 7.92. The molecule has 0 aromatic heterocycles. The van der Waals surface area contributed by atoms with Gasteiger partial charge in [0.2, 0.25) is 0 Å². The maximum Gasteiger partial charge on any atom is 0.183 e. The summed E-state index contributed by atoms with van der Waals surface area (Å²) in [6.45, 7) is 2.94. The Hall–Kier alpha value is -1.16. The summed E-state index contributed by atoms with van der Waals surface area (Å²) in [7, 11) is -3.41. The summed E-state index contributed by atoms with van der Waals surface area (Å²) in [5, 5.41) is 0. The summed E-state index contributed by atoms with van der Waals surface area (Å²) in [6.07, 6.45) is 4.26. The molecule has 4 heteroatoms. The number of aryl methyl sites for hydroxylation is 2. The molecule has 0 N–H and O–H groups in total. The molecule has 18 heavy (non-hydrogen) atoms. The molecular weight excluding hydrogens is 248 g/mol. The first-order valence-corrected chi connectivity index (χ1v) is 7.99. The van der Waals surface area contributed by atoms with E-state index in [-0.39, 0.29) is 5.78 Å². The van der Waals surface area contributed by atoms with Crippen molar-refractivity contribution in [1.82, 2.24) is 0 Å². The number of fused-ring (bicyclic) bond motifs is 1. The molecule has 0 heterocycles. The first kappa shape index (κ1) is 13.3. The number of hydrogen-bond acceptors (Lipinski definition) is 3. The van der Waals surface area contributed by atoms with Crippen LogP contribution >= 0.6 is 0 Å². The molecule has 0 amide bonds. The molecule has 0 aliphatic heterocycles. The monoisotopic (exact) mass is 266 g/mol. The highest BCUT2D eigenvalue weighted by Crippen LogP contribution is 2.26. The van der Waals surface area contributed by atoms with Crippen LogP contribution in [0.4, 0.5) is 0 Å². The fourth-order valence-corrected chi connectivity index (χ4v) is 2.68. The number of rotatable bonds is 3. The SMILES string of the molecule is CC(C)(C(=O)c1ccc2c(c1)CCC2)S(C)(=O)=O. The third kappa shape index (κ3) is 2.09. The molecule has 0 spiro atoms. The van der Waals surface area contributed by atoms with Gasteiger partial charge in [-0.2, -0.15) is 0 Å². The molecule has 98 valence electrons. The molecule has 0 radical (unpaired) electrons. The molecule has 0 unspecified atom stereocenters. The van der Waals surface area contributed by atoms with E-state index in [1.165, 1.54) is 25.0 Å². The summed E-state index contributed by atoms with van der Waals surface area (Å²) in [5.74, 6) is -0.320. The third-order valence-corrected chi connectivity index (χ3v) is 5.87. The summed E-state index contributed by atoms with van der Waals surface area (Å²) in [4.78, 5) is 12.3. The third-order valence-electron chi connectivity index (χ3n) is 3.83. The zero-order chi connectivity index (χ0) is 13.6. The smallest absolute Gasteiger partial charge is 0.183 e. The van der Waals surface area contributed by atoms with Crippen LogP contribution in [-0.2, 0) is 22.7 Å². The second-order valence-electron chi connectivity index (χ2n) is 5.45. The van der Waals surface area contributed by atoms with Crippen LogP contribution in [0.15, 0.2) is 18.2 Å². The fourth-order valence-electron chi connectivity index (χ4n) is 2.23. The molecular formula is C14H18O3S. The Morgan fingerprint density at radius 1 is 1.17 bits per heavy atom. The number of sulfone groups is 1. The van der Waals surface area contributed by atoms with Gasteiger partial charge < -0.3 is 0 Å². The van der Waals surface area contributed by atoms with Crippen molar-refractivity contribution >= 4 is 15.6 Å². The fraction of sp³-hybridized carbons (Fsp3) is 0.500. The average Bonchev–Trinajstić information content (AvgIpc) is 2.73. The van der Waals surface area contributed by atoms with E-state index < -0.39 is 14.6 Å². The summed E-state index contributed by atoms with van der Waals surface area (Å²) >= 11 is 0. The number of ketones is 1. The van der Waals surface area contributed by atoms with Gasteiger partial charge >= 0.3 is 0 Å². The van der Waals surface area contributed by atoms with Crippen molar-refractivity contribution in [2.45, 2.75) is 37.9 Å². The largest absolute Gasteiger partial charge is 0.292 e. The highest BCUT2D eigenvalue weighted by atomic mass is 32.2. The molecule has 2 rings (SSSR count). The molecule has 0 saturated carbocycles. The van der Waals surface area contributed by atoms with Crippen molar-refractivity contribution < 1.29 is 13.2 Å². The van der Waals surface area contributed by atoms with Crippen LogP contribution in [0.2, 0.25) is 0 Å². The van der Waals surface area contributed by atoms with E-state index in [1.54, 1.807) is 6.07 Å². The van der Waals surface area contributed by atoms with Gasteiger partial charge in [-0.25, -0.2) is 8.42 Å².